The van der Waals surface area contributed by atoms with E-state index in [0.717, 1.165) is 17.8 Å². The molecule has 0 fully saturated rings. The summed E-state index contributed by atoms with van der Waals surface area (Å²) < 4.78 is 11.5. The van der Waals surface area contributed by atoms with Crippen LogP contribution in [0, 0.1) is 24.0 Å². The van der Waals surface area contributed by atoms with Crippen LogP contribution in [-0.2, 0) is 16.6 Å². The van der Waals surface area contributed by atoms with Gasteiger partial charge in [0.1, 0.15) is 0 Å². The second-order valence-corrected chi connectivity index (χ2v) is 5.44. The van der Waals surface area contributed by atoms with Crippen molar-refractivity contribution in [2.24, 2.45) is 7.05 Å². The van der Waals surface area contributed by atoms with Crippen LogP contribution in [0.4, 0.5) is 11.4 Å². The van der Waals surface area contributed by atoms with E-state index in [2.05, 4.69) is 15.2 Å². The summed E-state index contributed by atoms with van der Waals surface area (Å²) in [6, 6.07) is 3.53. The third kappa shape index (κ3) is 3.97. The lowest BCUT2D eigenvalue weighted by Crippen LogP contribution is -2.21. The minimum absolute atomic E-state index is 0.0763. The fraction of sp³-hybridized carbons (Fsp3) is 0.312. The van der Waals surface area contributed by atoms with Gasteiger partial charge in [0.25, 0.3) is 5.91 Å². The van der Waals surface area contributed by atoms with Crippen LogP contribution in [-0.4, -0.2) is 40.3 Å². The molecule has 2 aromatic rings. The molecule has 0 saturated heterocycles. The maximum absolute atomic E-state index is 12.1. The molecular weight excluding hydrogens is 344 g/mol. The molecule has 26 heavy (non-hydrogen) atoms. The molecule has 0 unspecified atom stereocenters. The van der Waals surface area contributed by atoms with Crippen LogP contribution in [0.15, 0.2) is 18.2 Å². The van der Waals surface area contributed by atoms with Crippen molar-refractivity contribution in [1.82, 2.24) is 9.78 Å². The van der Waals surface area contributed by atoms with Crippen LogP contribution in [0.3, 0.4) is 0 Å². The molecule has 10 nitrogen and oxygen atoms in total. The summed E-state index contributed by atoms with van der Waals surface area (Å²) in [5, 5.41) is 17.9. The Bertz CT molecular complexity index is 874. The topological polar surface area (TPSA) is 126 Å². The van der Waals surface area contributed by atoms with E-state index in [1.807, 2.05) is 0 Å². The number of rotatable bonds is 6. The summed E-state index contributed by atoms with van der Waals surface area (Å²) in [4.78, 5) is 34.1. The van der Waals surface area contributed by atoms with Crippen molar-refractivity contribution in [2.75, 3.05) is 19.0 Å². The number of nitro benzene ring substituents is 1. The van der Waals surface area contributed by atoms with Crippen molar-refractivity contribution in [3.8, 4) is 5.75 Å². The predicted octanol–water partition coefficient (Wildman–Crippen LogP) is 1.75. The zero-order chi connectivity index (χ0) is 19.4. The second kappa shape index (κ2) is 7.64. The highest BCUT2D eigenvalue weighted by atomic mass is 16.6. The summed E-state index contributed by atoms with van der Waals surface area (Å²) in [6.45, 7) is 3.06. The third-order valence-corrected chi connectivity index (χ3v) is 3.71. The summed E-state index contributed by atoms with van der Waals surface area (Å²) >= 11 is 0. The van der Waals surface area contributed by atoms with Gasteiger partial charge in [0.05, 0.1) is 34.7 Å². The van der Waals surface area contributed by atoms with Crippen molar-refractivity contribution < 1.29 is 24.0 Å². The first-order valence-electron chi connectivity index (χ1n) is 7.54. The van der Waals surface area contributed by atoms with Crippen molar-refractivity contribution >= 4 is 23.3 Å². The number of carbonyl (C=O) groups excluding carboxylic acids is 2. The molecule has 0 aliphatic heterocycles. The molecule has 1 amide bonds. The summed E-state index contributed by atoms with van der Waals surface area (Å²) in [5.74, 6) is -1.38. The number of hydrogen-bond donors (Lipinski definition) is 1. The quantitative estimate of drug-likeness (QED) is 0.471. The molecule has 0 bridgehead atoms. The molecule has 1 aromatic carbocycles. The number of aryl methyl sites for hydroxylation is 2. The van der Waals surface area contributed by atoms with Crippen LogP contribution in [0.25, 0.3) is 0 Å². The largest absolute Gasteiger partial charge is 0.477 e. The molecule has 10 heteroatoms. The Kier molecular flexibility index (Phi) is 5.55. The third-order valence-electron chi connectivity index (χ3n) is 3.71. The lowest BCUT2D eigenvalue weighted by molar-refractivity contribution is -0.385. The number of aromatic nitrogens is 2. The van der Waals surface area contributed by atoms with E-state index < -0.39 is 23.4 Å². The molecule has 0 atom stereocenters. The van der Waals surface area contributed by atoms with E-state index >= 15 is 0 Å². The van der Waals surface area contributed by atoms with E-state index in [9.17, 15) is 19.7 Å². The molecular formula is C16H18N4O6. The summed E-state index contributed by atoms with van der Waals surface area (Å²) in [5.41, 5.74) is 1.66. The smallest absolute Gasteiger partial charge is 0.337 e. The van der Waals surface area contributed by atoms with Gasteiger partial charge in [-0.2, -0.15) is 5.10 Å². The minimum Gasteiger partial charge on any atom is -0.477 e. The maximum atomic E-state index is 12.1. The zero-order valence-corrected chi connectivity index (χ0v) is 14.7. The van der Waals surface area contributed by atoms with E-state index in [0.29, 0.717) is 11.4 Å². The van der Waals surface area contributed by atoms with Crippen LogP contribution in [0.2, 0.25) is 0 Å². The van der Waals surface area contributed by atoms with Gasteiger partial charge in [0, 0.05) is 19.2 Å². The van der Waals surface area contributed by atoms with Gasteiger partial charge >= 0.3 is 11.7 Å². The number of nitro groups is 1. The Morgan fingerprint density at radius 3 is 2.58 bits per heavy atom. The maximum Gasteiger partial charge on any atom is 0.337 e. The van der Waals surface area contributed by atoms with Crippen molar-refractivity contribution in [3.05, 3.63) is 45.3 Å². The second-order valence-electron chi connectivity index (χ2n) is 5.44. The minimum atomic E-state index is -0.671. The van der Waals surface area contributed by atoms with Gasteiger partial charge in [-0.25, -0.2) is 4.79 Å². The fourth-order valence-electron chi connectivity index (χ4n) is 2.30. The van der Waals surface area contributed by atoms with Gasteiger partial charge in [0.15, 0.2) is 12.4 Å². The molecule has 0 saturated carbocycles. The lowest BCUT2D eigenvalue weighted by Gasteiger charge is -2.09. The average Bonchev–Trinajstić information content (AvgIpc) is 2.85. The monoisotopic (exact) mass is 362 g/mol. The van der Waals surface area contributed by atoms with Crippen LogP contribution >= 0.6 is 0 Å². The molecule has 1 aromatic heterocycles. The fourth-order valence-corrected chi connectivity index (χ4v) is 2.30. The van der Waals surface area contributed by atoms with Crippen LogP contribution in [0.1, 0.15) is 21.7 Å². The first kappa shape index (κ1) is 18.9. The van der Waals surface area contributed by atoms with E-state index in [1.54, 1.807) is 25.6 Å². The number of anilines is 1. The predicted molar refractivity (Wildman–Crippen MR) is 91.2 cm³/mol. The number of esters is 1. The number of amides is 1. The number of nitrogens with one attached hydrogen (secondary N) is 1. The molecule has 1 N–H and O–H groups in total. The number of carbonyl (C=O) groups is 2. The summed E-state index contributed by atoms with van der Waals surface area (Å²) in [7, 11) is 2.94. The highest BCUT2D eigenvalue weighted by molar-refractivity contribution is 5.93. The summed E-state index contributed by atoms with van der Waals surface area (Å²) in [6.07, 6.45) is 0. The Balaban J connectivity index is 2.15. The normalized spacial score (nSPS) is 10.3. The molecule has 0 aliphatic carbocycles. The Morgan fingerprint density at radius 2 is 2.04 bits per heavy atom. The number of hydrogen-bond acceptors (Lipinski definition) is 7. The molecule has 0 aliphatic rings. The Hall–Kier alpha value is -3.43. The highest BCUT2D eigenvalue weighted by Crippen LogP contribution is 2.28. The molecule has 0 radical (unpaired) electrons. The highest BCUT2D eigenvalue weighted by Gasteiger charge is 2.20. The average molecular weight is 362 g/mol. The van der Waals surface area contributed by atoms with Crippen LogP contribution in [0.5, 0.6) is 5.75 Å². The molecule has 138 valence electrons. The first-order chi connectivity index (χ1) is 12.2. The number of ether oxygens (including phenoxy) is 2. The van der Waals surface area contributed by atoms with E-state index in [-0.39, 0.29) is 17.0 Å². The Labute approximate surface area is 148 Å². The lowest BCUT2D eigenvalue weighted by atomic mass is 10.2. The van der Waals surface area contributed by atoms with Gasteiger partial charge in [-0.3, -0.25) is 19.6 Å². The molecule has 0 spiro atoms. The number of nitrogens with zero attached hydrogens (tertiary/aromatic N) is 3. The first-order valence-corrected chi connectivity index (χ1v) is 7.54. The van der Waals surface area contributed by atoms with E-state index in [4.69, 9.17) is 4.74 Å². The Morgan fingerprint density at radius 1 is 1.35 bits per heavy atom. The number of methoxy groups -OCH3 is 1. The van der Waals surface area contributed by atoms with Gasteiger partial charge < -0.3 is 14.8 Å². The molecule has 1 heterocycles. The van der Waals surface area contributed by atoms with Gasteiger partial charge in [-0.05, 0) is 19.9 Å². The van der Waals surface area contributed by atoms with Crippen molar-refractivity contribution in [2.45, 2.75) is 13.8 Å². The SMILES string of the molecule is COC(=O)c1ccc([N+](=O)[O-])c(OCC(=O)Nc2c(C)nn(C)c2C)c1. The number of benzene rings is 1. The van der Waals surface area contributed by atoms with Crippen molar-refractivity contribution in [1.29, 1.82) is 0 Å². The van der Waals surface area contributed by atoms with Crippen molar-refractivity contribution in [3.63, 3.8) is 0 Å². The molecule has 2 rings (SSSR count). The van der Waals surface area contributed by atoms with Crippen LogP contribution < -0.4 is 10.1 Å². The van der Waals surface area contributed by atoms with E-state index in [1.165, 1.54) is 13.2 Å². The van der Waals surface area contributed by atoms with Gasteiger partial charge in [-0.1, -0.05) is 0 Å². The van der Waals surface area contributed by atoms with Gasteiger partial charge in [-0.15, -0.1) is 0 Å². The van der Waals surface area contributed by atoms with Gasteiger partial charge in [0.2, 0.25) is 0 Å². The zero-order valence-electron chi connectivity index (χ0n) is 14.7. The standard InChI is InChI=1S/C16H18N4O6/c1-9-15(10(2)19(3)18-9)17-14(21)8-26-13-7-11(16(22)25-4)5-6-12(13)20(23)24/h5-7H,8H2,1-4H3,(H,17,21).